The molecule has 0 saturated carbocycles. The third kappa shape index (κ3) is 5.27. The number of halogens is 3. The van der Waals surface area contributed by atoms with E-state index in [0.29, 0.717) is 23.3 Å². The molecule has 0 aliphatic carbocycles. The van der Waals surface area contributed by atoms with Crippen LogP contribution in [0.1, 0.15) is 22.8 Å². The fourth-order valence-electron chi connectivity index (χ4n) is 3.58. The first-order valence-electron chi connectivity index (χ1n) is 10.9. The number of amides is 1. The Labute approximate surface area is 199 Å². The number of alkyl halides is 3. The number of fused-ring (bicyclic) bond motifs is 1. The van der Waals surface area contributed by atoms with Crippen molar-refractivity contribution in [3.63, 3.8) is 0 Å². The fourth-order valence-corrected chi connectivity index (χ4v) is 3.58. The van der Waals surface area contributed by atoms with E-state index in [0.717, 1.165) is 17.7 Å². The van der Waals surface area contributed by atoms with Crippen molar-refractivity contribution in [2.75, 3.05) is 25.6 Å². The topological polar surface area (TPSA) is 78.3 Å². The summed E-state index contributed by atoms with van der Waals surface area (Å²) >= 11 is 0. The molecule has 4 aromatic rings. The van der Waals surface area contributed by atoms with Gasteiger partial charge in [0.15, 0.2) is 5.65 Å². The van der Waals surface area contributed by atoms with Gasteiger partial charge in [-0.1, -0.05) is 30.3 Å². The lowest BCUT2D eigenvalue weighted by molar-refractivity contribution is -0.137. The minimum atomic E-state index is -4.59. The first-order valence-corrected chi connectivity index (χ1v) is 10.9. The molecule has 0 aliphatic rings. The highest BCUT2D eigenvalue weighted by Crippen LogP contribution is 2.36. The Hall–Kier alpha value is -3.92. The standard InChI is InChI=1S/C25H23F3N4O3/c1-3-32-23-19(15-29-32)18(14-20(30-23)16-7-5-4-6-8-16)24(33)31-21-13-17(25(26,27)28)9-10-22(21)35-12-11-34-2/h4-10,13-15H,3,11-12H2,1-2H3,(H,31,33). The quantitative estimate of drug-likeness (QED) is 0.338. The van der Waals surface area contributed by atoms with E-state index in [1.54, 1.807) is 10.7 Å². The van der Waals surface area contributed by atoms with Crippen LogP contribution in [0, 0.1) is 0 Å². The number of anilines is 1. The number of methoxy groups -OCH3 is 1. The van der Waals surface area contributed by atoms with Crippen molar-refractivity contribution >= 4 is 22.6 Å². The molecule has 0 bridgehead atoms. The molecule has 2 aromatic heterocycles. The van der Waals surface area contributed by atoms with Gasteiger partial charge in [0.25, 0.3) is 5.91 Å². The smallest absolute Gasteiger partial charge is 0.416 e. The molecule has 35 heavy (non-hydrogen) atoms. The van der Waals surface area contributed by atoms with Gasteiger partial charge in [0.2, 0.25) is 0 Å². The number of aromatic nitrogens is 3. The first kappa shape index (κ1) is 24.2. The lowest BCUT2D eigenvalue weighted by atomic mass is 10.1. The summed E-state index contributed by atoms with van der Waals surface area (Å²) in [5.41, 5.74) is 1.05. The number of benzene rings is 2. The Morgan fingerprint density at radius 1 is 1.09 bits per heavy atom. The van der Waals surface area contributed by atoms with Crippen LogP contribution in [0.25, 0.3) is 22.3 Å². The molecular weight excluding hydrogens is 461 g/mol. The number of ether oxygens (including phenoxy) is 2. The predicted octanol–water partition coefficient (Wildman–Crippen LogP) is 5.41. The summed E-state index contributed by atoms with van der Waals surface area (Å²) < 4.78 is 52.2. The minimum absolute atomic E-state index is 0.0984. The molecule has 0 spiro atoms. The van der Waals surface area contributed by atoms with E-state index < -0.39 is 17.6 Å². The molecule has 4 rings (SSSR count). The van der Waals surface area contributed by atoms with Gasteiger partial charge in [-0.25, -0.2) is 9.67 Å². The number of hydrogen-bond donors (Lipinski definition) is 1. The van der Waals surface area contributed by atoms with Crippen LogP contribution in [0.2, 0.25) is 0 Å². The Bertz CT molecular complexity index is 1340. The maximum atomic E-state index is 13.4. The number of pyridine rings is 1. The number of aryl methyl sites for hydroxylation is 1. The van der Waals surface area contributed by atoms with Gasteiger partial charge in [-0.2, -0.15) is 18.3 Å². The van der Waals surface area contributed by atoms with Crippen molar-refractivity contribution in [3.05, 3.63) is 71.9 Å². The Balaban J connectivity index is 1.77. The minimum Gasteiger partial charge on any atom is -0.489 e. The molecule has 10 heteroatoms. The third-order valence-corrected chi connectivity index (χ3v) is 5.32. The van der Waals surface area contributed by atoms with E-state index in [-0.39, 0.29) is 30.2 Å². The summed E-state index contributed by atoms with van der Waals surface area (Å²) in [5.74, 6) is -0.512. The normalized spacial score (nSPS) is 11.6. The van der Waals surface area contributed by atoms with Gasteiger partial charge in [0, 0.05) is 19.2 Å². The molecule has 7 nitrogen and oxygen atoms in total. The SMILES string of the molecule is CCn1ncc2c(C(=O)Nc3cc(C(F)(F)F)ccc3OCCOC)cc(-c3ccccc3)nc21. The summed E-state index contributed by atoms with van der Waals surface area (Å²) in [4.78, 5) is 18.1. The van der Waals surface area contributed by atoms with Gasteiger partial charge in [-0.15, -0.1) is 0 Å². The lowest BCUT2D eigenvalue weighted by Crippen LogP contribution is -2.16. The maximum absolute atomic E-state index is 13.4. The molecule has 0 fully saturated rings. The van der Waals surface area contributed by atoms with Crippen LogP contribution in [0.15, 0.2) is 60.8 Å². The maximum Gasteiger partial charge on any atom is 0.416 e. The zero-order chi connectivity index (χ0) is 25.0. The number of nitrogens with one attached hydrogen (secondary N) is 1. The molecule has 0 unspecified atom stereocenters. The Kier molecular flexibility index (Phi) is 7.02. The van der Waals surface area contributed by atoms with Crippen LogP contribution in [0.5, 0.6) is 5.75 Å². The van der Waals surface area contributed by atoms with E-state index >= 15 is 0 Å². The second-order valence-electron chi connectivity index (χ2n) is 7.62. The number of carbonyl (C=O) groups is 1. The average molecular weight is 484 g/mol. The molecule has 0 atom stereocenters. The van der Waals surface area contributed by atoms with Crippen LogP contribution in [-0.2, 0) is 17.5 Å². The summed E-state index contributed by atoms with van der Waals surface area (Å²) in [5, 5.41) is 7.38. The zero-order valence-corrected chi connectivity index (χ0v) is 19.1. The third-order valence-electron chi connectivity index (χ3n) is 5.32. The highest BCUT2D eigenvalue weighted by atomic mass is 19.4. The van der Waals surface area contributed by atoms with Gasteiger partial charge in [0.05, 0.1) is 40.7 Å². The van der Waals surface area contributed by atoms with Crippen molar-refractivity contribution < 1.29 is 27.4 Å². The molecule has 0 saturated heterocycles. The van der Waals surface area contributed by atoms with Gasteiger partial charge in [0.1, 0.15) is 12.4 Å². The highest BCUT2D eigenvalue weighted by molar-refractivity contribution is 6.13. The monoisotopic (exact) mass is 484 g/mol. The zero-order valence-electron chi connectivity index (χ0n) is 19.1. The number of carbonyl (C=O) groups excluding carboxylic acids is 1. The number of nitrogens with zero attached hydrogens (tertiary/aromatic N) is 3. The van der Waals surface area contributed by atoms with Crippen LogP contribution >= 0.6 is 0 Å². The van der Waals surface area contributed by atoms with Crippen molar-refractivity contribution in [1.29, 1.82) is 0 Å². The van der Waals surface area contributed by atoms with Gasteiger partial charge in [-0.05, 0) is 31.2 Å². The number of rotatable bonds is 8. The second-order valence-corrected chi connectivity index (χ2v) is 7.62. The molecule has 0 aliphatic heterocycles. The highest BCUT2D eigenvalue weighted by Gasteiger charge is 2.31. The summed E-state index contributed by atoms with van der Waals surface area (Å²) in [6.45, 7) is 2.76. The molecule has 1 N–H and O–H groups in total. The lowest BCUT2D eigenvalue weighted by Gasteiger charge is -2.16. The van der Waals surface area contributed by atoms with Gasteiger partial charge in [-0.3, -0.25) is 4.79 Å². The fraction of sp³-hybridized carbons (Fsp3) is 0.240. The van der Waals surface area contributed by atoms with Crippen LogP contribution in [0.3, 0.4) is 0 Å². The molecule has 2 heterocycles. The molecular formula is C25H23F3N4O3. The molecule has 0 radical (unpaired) electrons. The molecule has 1 amide bonds. The summed E-state index contributed by atoms with van der Waals surface area (Å²) in [6, 6.07) is 13.8. The van der Waals surface area contributed by atoms with Crippen molar-refractivity contribution in [1.82, 2.24) is 14.8 Å². The van der Waals surface area contributed by atoms with E-state index in [4.69, 9.17) is 9.47 Å². The van der Waals surface area contributed by atoms with E-state index in [2.05, 4.69) is 15.4 Å². The van der Waals surface area contributed by atoms with Crippen LogP contribution < -0.4 is 10.1 Å². The van der Waals surface area contributed by atoms with Crippen LogP contribution in [0.4, 0.5) is 18.9 Å². The van der Waals surface area contributed by atoms with Gasteiger partial charge >= 0.3 is 6.18 Å². The first-order chi connectivity index (χ1) is 16.8. The Morgan fingerprint density at radius 2 is 1.86 bits per heavy atom. The van der Waals surface area contributed by atoms with E-state index in [1.807, 2.05) is 37.3 Å². The van der Waals surface area contributed by atoms with E-state index in [9.17, 15) is 18.0 Å². The largest absolute Gasteiger partial charge is 0.489 e. The van der Waals surface area contributed by atoms with Crippen molar-refractivity contribution in [2.45, 2.75) is 19.6 Å². The Morgan fingerprint density at radius 3 is 2.54 bits per heavy atom. The molecule has 2 aromatic carbocycles. The van der Waals surface area contributed by atoms with Crippen LogP contribution in [-0.4, -0.2) is 41.0 Å². The van der Waals surface area contributed by atoms with Gasteiger partial charge < -0.3 is 14.8 Å². The van der Waals surface area contributed by atoms with Crippen molar-refractivity contribution in [2.24, 2.45) is 0 Å². The van der Waals surface area contributed by atoms with E-state index in [1.165, 1.54) is 19.4 Å². The second kappa shape index (κ2) is 10.1. The van der Waals surface area contributed by atoms with Crippen molar-refractivity contribution in [3.8, 4) is 17.0 Å². The summed E-state index contributed by atoms with van der Waals surface area (Å²) in [6.07, 6.45) is -3.06. The summed E-state index contributed by atoms with van der Waals surface area (Å²) in [7, 11) is 1.48. The predicted molar refractivity (Wildman–Crippen MR) is 125 cm³/mol. The molecule has 182 valence electrons. The average Bonchev–Trinajstić information content (AvgIpc) is 3.27. The number of hydrogen-bond acceptors (Lipinski definition) is 5.